The molecule has 0 fully saturated rings. The fraction of sp³-hybridized carbons (Fsp3) is 0.308. The first-order chi connectivity index (χ1) is 8.16. The molecule has 1 heterocycles. The molecule has 0 atom stereocenters. The van der Waals surface area contributed by atoms with E-state index in [0.717, 1.165) is 17.9 Å². The zero-order chi connectivity index (χ0) is 12.3. The van der Waals surface area contributed by atoms with Crippen molar-refractivity contribution in [2.75, 3.05) is 11.5 Å². The summed E-state index contributed by atoms with van der Waals surface area (Å²) in [5.41, 5.74) is 9.17. The molecule has 0 bridgehead atoms. The molecule has 0 aliphatic carbocycles. The van der Waals surface area contributed by atoms with Gasteiger partial charge in [0, 0.05) is 35.3 Å². The molecule has 1 aromatic carbocycles. The molecule has 3 nitrogen and oxygen atoms in total. The monoisotopic (exact) mass is 247 g/mol. The second kappa shape index (κ2) is 5.27. The third kappa shape index (κ3) is 3.03. The van der Waals surface area contributed by atoms with Gasteiger partial charge in [0.15, 0.2) is 0 Å². The van der Waals surface area contributed by atoms with Gasteiger partial charge in [-0.15, -0.1) is 11.8 Å². The van der Waals surface area contributed by atoms with Crippen LogP contribution >= 0.6 is 11.8 Å². The first-order valence-electron chi connectivity index (χ1n) is 5.62. The summed E-state index contributed by atoms with van der Waals surface area (Å²) in [6.07, 6.45) is 2.86. The Morgan fingerprint density at radius 1 is 1.35 bits per heavy atom. The van der Waals surface area contributed by atoms with E-state index in [1.807, 2.05) is 41.8 Å². The summed E-state index contributed by atoms with van der Waals surface area (Å²) in [6, 6.07) is 8.12. The highest BCUT2D eigenvalue weighted by atomic mass is 32.2. The zero-order valence-electron chi connectivity index (χ0n) is 10.2. The van der Waals surface area contributed by atoms with Crippen LogP contribution in [0.3, 0.4) is 0 Å². The molecular formula is C13H17N3S. The van der Waals surface area contributed by atoms with Gasteiger partial charge < -0.3 is 5.73 Å². The lowest BCUT2D eigenvalue weighted by Crippen LogP contribution is -1.99. The van der Waals surface area contributed by atoms with Crippen LogP contribution in [0.1, 0.15) is 11.3 Å². The SMILES string of the molecule is Cc1ccc(N)cc1SCCc1ccnn1C. The number of nitrogens with two attached hydrogens (primary N) is 1. The molecule has 0 aliphatic rings. The Labute approximate surface area is 106 Å². The molecule has 2 N–H and O–H groups in total. The molecule has 0 spiro atoms. The smallest absolute Gasteiger partial charge is 0.0492 e. The third-order valence-corrected chi connectivity index (χ3v) is 3.91. The third-order valence-electron chi connectivity index (χ3n) is 2.75. The van der Waals surface area contributed by atoms with Crippen molar-refractivity contribution in [1.29, 1.82) is 0 Å². The average Bonchev–Trinajstić information content (AvgIpc) is 2.70. The van der Waals surface area contributed by atoms with Gasteiger partial charge in [-0.05, 0) is 37.1 Å². The molecule has 2 rings (SSSR count). The van der Waals surface area contributed by atoms with Crippen molar-refractivity contribution in [3.05, 3.63) is 41.7 Å². The minimum absolute atomic E-state index is 0.832. The van der Waals surface area contributed by atoms with Crippen molar-refractivity contribution in [1.82, 2.24) is 9.78 Å². The van der Waals surface area contributed by atoms with Gasteiger partial charge in [-0.2, -0.15) is 5.10 Å². The van der Waals surface area contributed by atoms with Crippen molar-refractivity contribution in [2.24, 2.45) is 7.05 Å². The van der Waals surface area contributed by atoms with Gasteiger partial charge in [0.25, 0.3) is 0 Å². The Kier molecular flexibility index (Phi) is 3.74. The number of rotatable bonds is 4. The van der Waals surface area contributed by atoms with Crippen LogP contribution in [0.15, 0.2) is 35.4 Å². The van der Waals surface area contributed by atoms with Gasteiger partial charge in [0.1, 0.15) is 0 Å². The minimum atomic E-state index is 0.832. The van der Waals surface area contributed by atoms with Crippen LogP contribution in [0.4, 0.5) is 5.69 Å². The first-order valence-corrected chi connectivity index (χ1v) is 6.61. The minimum Gasteiger partial charge on any atom is -0.399 e. The average molecular weight is 247 g/mol. The van der Waals surface area contributed by atoms with Gasteiger partial charge in [0.05, 0.1) is 0 Å². The van der Waals surface area contributed by atoms with Crippen LogP contribution in [0, 0.1) is 6.92 Å². The van der Waals surface area contributed by atoms with E-state index in [4.69, 9.17) is 5.73 Å². The van der Waals surface area contributed by atoms with E-state index in [0.29, 0.717) is 0 Å². The van der Waals surface area contributed by atoms with Crippen LogP contribution in [0.25, 0.3) is 0 Å². The summed E-state index contributed by atoms with van der Waals surface area (Å²) in [6.45, 7) is 2.12. The number of anilines is 1. The van der Waals surface area contributed by atoms with Crippen LogP contribution < -0.4 is 5.73 Å². The Bertz CT molecular complexity index is 505. The number of aryl methyl sites for hydroxylation is 3. The number of nitrogen functional groups attached to an aromatic ring is 1. The maximum absolute atomic E-state index is 5.79. The highest BCUT2D eigenvalue weighted by Crippen LogP contribution is 2.25. The fourth-order valence-electron chi connectivity index (χ4n) is 1.68. The lowest BCUT2D eigenvalue weighted by Gasteiger charge is -2.06. The summed E-state index contributed by atoms with van der Waals surface area (Å²) >= 11 is 1.85. The van der Waals surface area contributed by atoms with Crippen molar-refractivity contribution < 1.29 is 0 Å². The first kappa shape index (κ1) is 12.0. The largest absolute Gasteiger partial charge is 0.399 e. The standard InChI is InChI=1S/C13H17N3S/c1-10-3-4-11(14)9-13(10)17-8-6-12-5-7-15-16(12)2/h3-5,7,9H,6,8,14H2,1-2H3. The van der Waals surface area contributed by atoms with E-state index in [1.54, 1.807) is 0 Å². The maximum Gasteiger partial charge on any atom is 0.0492 e. The fourth-order valence-corrected chi connectivity index (χ4v) is 2.73. The Balaban J connectivity index is 1.94. The molecular weight excluding hydrogens is 230 g/mol. The van der Waals surface area contributed by atoms with Gasteiger partial charge in [-0.25, -0.2) is 0 Å². The van der Waals surface area contributed by atoms with Gasteiger partial charge in [0.2, 0.25) is 0 Å². The molecule has 0 unspecified atom stereocenters. The van der Waals surface area contributed by atoms with Crippen LogP contribution in [-0.4, -0.2) is 15.5 Å². The molecule has 2 aromatic rings. The van der Waals surface area contributed by atoms with Gasteiger partial charge >= 0.3 is 0 Å². The van der Waals surface area contributed by atoms with E-state index in [-0.39, 0.29) is 0 Å². The second-order valence-electron chi connectivity index (χ2n) is 4.07. The molecule has 17 heavy (non-hydrogen) atoms. The van der Waals surface area contributed by atoms with Crippen molar-refractivity contribution in [3.8, 4) is 0 Å². The molecule has 0 saturated carbocycles. The zero-order valence-corrected chi connectivity index (χ0v) is 11.0. The van der Waals surface area contributed by atoms with Crippen molar-refractivity contribution in [3.63, 3.8) is 0 Å². The summed E-state index contributed by atoms with van der Waals surface area (Å²) in [5, 5.41) is 4.16. The molecule has 1 aromatic heterocycles. The second-order valence-corrected chi connectivity index (χ2v) is 5.21. The van der Waals surface area contributed by atoms with Crippen LogP contribution in [0.5, 0.6) is 0 Å². The molecule has 0 radical (unpaired) electrons. The van der Waals surface area contributed by atoms with E-state index in [1.165, 1.54) is 16.2 Å². The number of hydrogen-bond acceptors (Lipinski definition) is 3. The van der Waals surface area contributed by atoms with E-state index in [9.17, 15) is 0 Å². The van der Waals surface area contributed by atoms with E-state index < -0.39 is 0 Å². The number of thioether (sulfide) groups is 1. The van der Waals surface area contributed by atoms with Gasteiger partial charge in [-0.3, -0.25) is 4.68 Å². The highest BCUT2D eigenvalue weighted by Gasteiger charge is 2.02. The molecule has 0 saturated heterocycles. The topological polar surface area (TPSA) is 43.8 Å². The molecule has 90 valence electrons. The number of benzene rings is 1. The molecule has 0 amide bonds. The lowest BCUT2D eigenvalue weighted by atomic mass is 10.2. The summed E-state index contributed by atoms with van der Waals surface area (Å²) in [5.74, 6) is 1.05. The van der Waals surface area contributed by atoms with Crippen LogP contribution in [-0.2, 0) is 13.5 Å². The number of aromatic nitrogens is 2. The van der Waals surface area contributed by atoms with Crippen molar-refractivity contribution in [2.45, 2.75) is 18.2 Å². The lowest BCUT2D eigenvalue weighted by molar-refractivity contribution is 0.720. The van der Waals surface area contributed by atoms with E-state index >= 15 is 0 Å². The Morgan fingerprint density at radius 2 is 2.18 bits per heavy atom. The summed E-state index contributed by atoms with van der Waals surface area (Å²) in [7, 11) is 1.98. The summed E-state index contributed by atoms with van der Waals surface area (Å²) in [4.78, 5) is 1.27. The quantitative estimate of drug-likeness (QED) is 0.667. The highest BCUT2D eigenvalue weighted by molar-refractivity contribution is 7.99. The number of nitrogens with zero attached hydrogens (tertiary/aromatic N) is 2. The van der Waals surface area contributed by atoms with Crippen molar-refractivity contribution >= 4 is 17.4 Å². The predicted molar refractivity (Wildman–Crippen MR) is 73.2 cm³/mol. The molecule has 4 heteroatoms. The number of hydrogen-bond donors (Lipinski definition) is 1. The maximum atomic E-state index is 5.79. The van der Waals surface area contributed by atoms with E-state index in [2.05, 4.69) is 24.2 Å². The van der Waals surface area contributed by atoms with Crippen LogP contribution in [0.2, 0.25) is 0 Å². The Hall–Kier alpha value is -1.42. The van der Waals surface area contributed by atoms with Gasteiger partial charge in [-0.1, -0.05) is 6.07 Å². The Morgan fingerprint density at radius 3 is 2.88 bits per heavy atom. The predicted octanol–water partition coefficient (Wildman–Crippen LogP) is 2.65. The summed E-state index contributed by atoms with van der Waals surface area (Å²) < 4.78 is 1.92. The molecule has 0 aliphatic heterocycles. The normalized spacial score (nSPS) is 10.7.